The van der Waals surface area contributed by atoms with Gasteiger partial charge in [-0.25, -0.2) is 4.79 Å². The number of nitrogens with zero attached hydrogens (tertiary/aromatic N) is 3. The van der Waals surface area contributed by atoms with Gasteiger partial charge in [-0.05, 0) is 0 Å². The van der Waals surface area contributed by atoms with Crippen LogP contribution in [0.3, 0.4) is 0 Å². The maximum atomic E-state index is 10.6. The minimum atomic E-state index is -1.17. The molecule has 1 rings (SSSR count). The molecule has 1 amide bonds. The highest BCUT2D eigenvalue weighted by molar-refractivity contribution is 5.77. The summed E-state index contributed by atoms with van der Waals surface area (Å²) in [5.41, 5.74) is 0.196. The predicted octanol–water partition coefficient (Wildman–Crippen LogP) is -1.31. The van der Waals surface area contributed by atoms with E-state index in [2.05, 4.69) is 15.5 Å². The van der Waals surface area contributed by atoms with Gasteiger partial charge in [0.05, 0.1) is 6.20 Å². The van der Waals surface area contributed by atoms with Crippen molar-refractivity contribution in [2.45, 2.75) is 6.04 Å². The third-order valence-corrected chi connectivity index (χ3v) is 1.39. The quantitative estimate of drug-likeness (QED) is 0.566. The molecular weight excluding hydrogens is 176 g/mol. The van der Waals surface area contributed by atoms with Crippen LogP contribution in [0, 0.1) is 0 Å². The fraction of sp³-hybridized carbons (Fsp3) is 0.333. The van der Waals surface area contributed by atoms with Crippen LogP contribution in [0.4, 0.5) is 0 Å². The topological polar surface area (TPSA) is 97.1 Å². The van der Waals surface area contributed by atoms with Crippen molar-refractivity contribution >= 4 is 12.4 Å². The Morgan fingerprint density at radius 1 is 1.85 bits per heavy atom. The number of hydrogen-bond donors (Lipinski definition) is 2. The zero-order chi connectivity index (χ0) is 9.84. The van der Waals surface area contributed by atoms with Crippen LogP contribution in [0.15, 0.2) is 6.20 Å². The van der Waals surface area contributed by atoms with E-state index >= 15 is 0 Å². The van der Waals surface area contributed by atoms with Gasteiger partial charge in [0, 0.05) is 7.05 Å². The lowest BCUT2D eigenvalue weighted by molar-refractivity contribution is -0.140. The highest BCUT2D eigenvalue weighted by Gasteiger charge is 2.21. The van der Waals surface area contributed by atoms with Gasteiger partial charge in [-0.1, -0.05) is 0 Å². The van der Waals surface area contributed by atoms with Crippen LogP contribution in [-0.2, 0) is 16.6 Å². The Morgan fingerprint density at radius 2 is 2.54 bits per heavy atom. The molecule has 0 aliphatic rings. The molecule has 0 saturated heterocycles. The molecular formula is C6H8N4O3. The second-order valence-corrected chi connectivity index (χ2v) is 2.31. The largest absolute Gasteiger partial charge is 0.479 e. The van der Waals surface area contributed by atoms with E-state index in [-0.39, 0.29) is 5.69 Å². The van der Waals surface area contributed by atoms with Crippen LogP contribution < -0.4 is 5.32 Å². The van der Waals surface area contributed by atoms with Crippen molar-refractivity contribution < 1.29 is 14.7 Å². The van der Waals surface area contributed by atoms with Gasteiger partial charge < -0.3 is 10.4 Å². The summed E-state index contributed by atoms with van der Waals surface area (Å²) in [4.78, 5) is 21.9. The fourth-order valence-corrected chi connectivity index (χ4v) is 0.845. The minimum absolute atomic E-state index is 0.196. The zero-order valence-electron chi connectivity index (χ0n) is 6.84. The van der Waals surface area contributed by atoms with Crippen molar-refractivity contribution in [1.82, 2.24) is 20.3 Å². The van der Waals surface area contributed by atoms with Crippen LogP contribution in [0.25, 0.3) is 0 Å². The molecule has 1 heterocycles. The summed E-state index contributed by atoms with van der Waals surface area (Å²) < 4.78 is 0. The average molecular weight is 184 g/mol. The third kappa shape index (κ3) is 2.01. The third-order valence-electron chi connectivity index (χ3n) is 1.39. The summed E-state index contributed by atoms with van der Waals surface area (Å²) in [6, 6.07) is -1.13. The molecule has 7 nitrogen and oxygen atoms in total. The van der Waals surface area contributed by atoms with Crippen molar-refractivity contribution in [3.63, 3.8) is 0 Å². The molecule has 1 unspecified atom stereocenters. The summed E-state index contributed by atoms with van der Waals surface area (Å²) in [6.45, 7) is 0. The first kappa shape index (κ1) is 9.17. The van der Waals surface area contributed by atoms with E-state index in [9.17, 15) is 9.59 Å². The maximum Gasteiger partial charge on any atom is 0.332 e. The summed E-state index contributed by atoms with van der Waals surface area (Å²) >= 11 is 0. The van der Waals surface area contributed by atoms with Crippen LogP contribution in [-0.4, -0.2) is 32.5 Å². The fourth-order valence-electron chi connectivity index (χ4n) is 0.845. The molecule has 2 N–H and O–H groups in total. The number of aromatic nitrogens is 3. The molecule has 0 spiro atoms. The number of amides is 1. The molecule has 0 aliphatic carbocycles. The van der Waals surface area contributed by atoms with E-state index < -0.39 is 12.0 Å². The summed E-state index contributed by atoms with van der Waals surface area (Å²) in [5, 5.41) is 18.2. The van der Waals surface area contributed by atoms with E-state index in [0.29, 0.717) is 6.41 Å². The number of nitrogens with one attached hydrogen (secondary N) is 1. The molecule has 0 aromatic carbocycles. The first-order valence-corrected chi connectivity index (χ1v) is 3.44. The van der Waals surface area contributed by atoms with Crippen molar-refractivity contribution in [3.8, 4) is 0 Å². The molecule has 0 radical (unpaired) electrons. The van der Waals surface area contributed by atoms with Crippen molar-refractivity contribution in [3.05, 3.63) is 11.9 Å². The Hall–Kier alpha value is -1.92. The molecule has 1 aromatic rings. The lowest BCUT2D eigenvalue weighted by Crippen LogP contribution is -2.27. The SMILES string of the molecule is Cn1ncc(C(NC=O)C(=O)O)n1. The number of carboxylic acid groups (broad SMARTS) is 1. The predicted molar refractivity (Wildman–Crippen MR) is 40.6 cm³/mol. The molecule has 1 aromatic heterocycles. The Morgan fingerprint density at radius 3 is 2.92 bits per heavy atom. The van der Waals surface area contributed by atoms with Gasteiger partial charge in [-0.2, -0.15) is 15.0 Å². The Kier molecular flexibility index (Phi) is 2.58. The standard InChI is InChI=1S/C6H8N4O3/c1-10-8-2-4(9-10)5(6(12)13)7-3-11/h2-3,5H,1H3,(H,7,11)(H,12,13). The van der Waals surface area contributed by atoms with Crippen molar-refractivity contribution in [2.24, 2.45) is 7.05 Å². The first-order valence-electron chi connectivity index (χ1n) is 3.44. The van der Waals surface area contributed by atoms with Gasteiger partial charge in [-0.15, -0.1) is 0 Å². The van der Waals surface area contributed by atoms with E-state index in [1.807, 2.05) is 0 Å². The molecule has 0 saturated carbocycles. The highest BCUT2D eigenvalue weighted by atomic mass is 16.4. The monoisotopic (exact) mass is 184 g/mol. The number of aryl methyl sites for hydroxylation is 1. The minimum Gasteiger partial charge on any atom is -0.479 e. The molecule has 13 heavy (non-hydrogen) atoms. The van der Waals surface area contributed by atoms with Crippen molar-refractivity contribution in [2.75, 3.05) is 0 Å². The van der Waals surface area contributed by atoms with Gasteiger partial charge in [-0.3, -0.25) is 4.79 Å². The van der Waals surface area contributed by atoms with E-state index in [0.717, 1.165) is 0 Å². The Labute approximate surface area is 73.4 Å². The van der Waals surface area contributed by atoms with E-state index in [4.69, 9.17) is 5.11 Å². The van der Waals surface area contributed by atoms with Crippen LogP contribution >= 0.6 is 0 Å². The molecule has 1 atom stereocenters. The van der Waals surface area contributed by atoms with Gasteiger partial charge in [0.25, 0.3) is 0 Å². The Bertz CT molecular complexity index is 321. The number of rotatable bonds is 4. The number of aliphatic carboxylic acids is 1. The molecule has 0 fully saturated rings. The van der Waals surface area contributed by atoms with Gasteiger partial charge >= 0.3 is 5.97 Å². The van der Waals surface area contributed by atoms with Crippen LogP contribution in [0.5, 0.6) is 0 Å². The summed E-state index contributed by atoms with van der Waals surface area (Å²) in [7, 11) is 1.56. The zero-order valence-corrected chi connectivity index (χ0v) is 6.84. The number of carbonyl (C=O) groups is 2. The average Bonchev–Trinajstić information content (AvgIpc) is 2.46. The second-order valence-electron chi connectivity index (χ2n) is 2.31. The van der Waals surface area contributed by atoms with E-state index in [1.165, 1.54) is 11.0 Å². The molecule has 7 heteroatoms. The summed E-state index contributed by atoms with van der Waals surface area (Å²) in [5.74, 6) is -1.17. The lowest BCUT2D eigenvalue weighted by atomic mass is 10.2. The molecule has 0 bridgehead atoms. The van der Waals surface area contributed by atoms with Crippen LogP contribution in [0.2, 0.25) is 0 Å². The van der Waals surface area contributed by atoms with Gasteiger partial charge in [0.2, 0.25) is 6.41 Å². The lowest BCUT2D eigenvalue weighted by Gasteiger charge is -2.05. The second kappa shape index (κ2) is 3.65. The number of carbonyl (C=O) groups excluding carboxylic acids is 1. The summed E-state index contributed by atoms with van der Waals surface area (Å²) in [6.07, 6.45) is 1.60. The number of carboxylic acids is 1. The van der Waals surface area contributed by atoms with Crippen LogP contribution in [0.1, 0.15) is 11.7 Å². The normalized spacial score (nSPS) is 12.1. The Balaban J connectivity index is 2.87. The van der Waals surface area contributed by atoms with Crippen molar-refractivity contribution in [1.29, 1.82) is 0 Å². The molecule has 0 aliphatic heterocycles. The van der Waals surface area contributed by atoms with Gasteiger partial charge in [0.15, 0.2) is 6.04 Å². The highest BCUT2D eigenvalue weighted by Crippen LogP contribution is 2.06. The smallest absolute Gasteiger partial charge is 0.332 e. The number of hydrogen-bond acceptors (Lipinski definition) is 4. The van der Waals surface area contributed by atoms with E-state index in [1.54, 1.807) is 7.05 Å². The molecule has 70 valence electrons. The maximum absolute atomic E-state index is 10.6. The first-order chi connectivity index (χ1) is 6.15. The van der Waals surface area contributed by atoms with Gasteiger partial charge in [0.1, 0.15) is 5.69 Å².